The molecule has 2 bridgehead atoms. The Morgan fingerprint density at radius 3 is 2.38 bits per heavy atom. The van der Waals surface area contributed by atoms with Gasteiger partial charge < -0.3 is 10.8 Å². The van der Waals surface area contributed by atoms with Gasteiger partial charge in [-0.05, 0) is 61.8 Å². The predicted octanol–water partition coefficient (Wildman–Crippen LogP) is 0.988. The highest BCUT2D eigenvalue weighted by molar-refractivity contribution is 5.14. The van der Waals surface area contributed by atoms with Crippen molar-refractivity contribution in [1.29, 1.82) is 0 Å². The van der Waals surface area contributed by atoms with E-state index in [1.807, 2.05) is 0 Å². The summed E-state index contributed by atoms with van der Waals surface area (Å²) in [5.74, 6) is 4.41. The highest BCUT2D eigenvalue weighted by Crippen LogP contribution is 2.70. The summed E-state index contributed by atoms with van der Waals surface area (Å²) in [6.07, 6.45) is 5.09. The monoisotopic (exact) mass is 181 g/mol. The largest absolute Gasteiger partial charge is 0.393 e. The van der Waals surface area contributed by atoms with Gasteiger partial charge in [-0.3, -0.25) is 0 Å². The van der Waals surface area contributed by atoms with E-state index in [2.05, 4.69) is 0 Å². The number of aliphatic hydroxyl groups is 1. The molecule has 2 nitrogen and oxygen atoms in total. The second kappa shape index (κ2) is 2.71. The smallest absolute Gasteiger partial charge is 0.0586 e. The topological polar surface area (TPSA) is 46.2 Å². The molecule has 2 heteroatoms. The molecule has 0 spiro atoms. The van der Waals surface area contributed by atoms with Crippen molar-refractivity contribution in [3.8, 4) is 0 Å². The van der Waals surface area contributed by atoms with Crippen LogP contribution < -0.4 is 5.73 Å². The average molecular weight is 181 g/mol. The second-order valence-electron chi connectivity index (χ2n) is 5.21. The third-order valence-electron chi connectivity index (χ3n) is 4.70. The molecule has 0 amide bonds. The minimum Gasteiger partial charge on any atom is -0.393 e. The zero-order chi connectivity index (χ0) is 9.00. The van der Waals surface area contributed by atoms with Gasteiger partial charge in [0.1, 0.15) is 0 Å². The van der Waals surface area contributed by atoms with Crippen molar-refractivity contribution in [2.45, 2.75) is 31.8 Å². The van der Waals surface area contributed by atoms with Crippen molar-refractivity contribution < 1.29 is 5.11 Å². The summed E-state index contributed by atoms with van der Waals surface area (Å²) in [6.45, 7) is 0.645. The number of nitrogens with two attached hydrogens (primary N) is 1. The summed E-state index contributed by atoms with van der Waals surface area (Å²) in [5, 5.41) is 9.88. The molecular formula is C11H19NO. The number of aliphatic hydroxyl groups excluding tert-OH is 1. The highest BCUT2D eigenvalue weighted by Gasteiger charge is 2.66. The molecule has 74 valence electrons. The fourth-order valence-corrected chi connectivity index (χ4v) is 4.27. The molecule has 0 saturated heterocycles. The van der Waals surface area contributed by atoms with E-state index in [1.165, 1.54) is 19.3 Å². The molecular weight excluding hydrogens is 162 g/mol. The van der Waals surface area contributed by atoms with Crippen LogP contribution in [0, 0.1) is 29.6 Å². The quantitative estimate of drug-likeness (QED) is 0.682. The van der Waals surface area contributed by atoms with Gasteiger partial charge in [0.25, 0.3) is 0 Å². The molecule has 0 heterocycles. The molecule has 13 heavy (non-hydrogen) atoms. The second-order valence-corrected chi connectivity index (χ2v) is 5.21. The number of fused-ring (bicyclic) bond motifs is 5. The standard InChI is InChI=1S/C11H19NO/c12-4-3-8(13)11-9-6-1-2-7(5-6)10(9)11/h6-11,13H,1-5,12H2. The molecule has 0 aromatic heterocycles. The Hall–Kier alpha value is -0.0800. The van der Waals surface area contributed by atoms with E-state index in [0.717, 1.165) is 30.1 Å². The van der Waals surface area contributed by atoms with Crippen molar-refractivity contribution in [3.63, 3.8) is 0 Å². The van der Waals surface area contributed by atoms with Crippen molar-refractivity contribution in [2.24, 2.45) is 35.3 Å². The molecule has 5 atom stereocenters. The van der Waals surface area contributed by atoms with Crippen molar-refractivity contribution in [3.05, 3.63) is 0 Å². The van der Waals surface area contributed by atoms with Crippen molar-refractivity contribution >= 4 is 0 Å². The Morgan fingerprint density at radius 1 is 1.23 bits per heavy atom. The van der Waals surface area contributed by atoms with E-state index >= 15 is 0 Å². The molecule has 0 aromatic rings. The van der Waals surface area contributed by atoms with Crippen molar-refractivity contribution in [1.82, 2.24) is 0 Å². The lowest BCUT2D eigenvalue weighted by Gasteiger charge is -2.13. The van der Waals surface area contributed by atoms with Crippen molar-refractivity contribution in [2.75, 3.05) is 6.54 Å². The SMILES string of the molecule is NCCC(O)C1C2C3CCC(C3)C12. The van der Waals surface area contributed by atoms with Gasteiger partial charge in [0.2, 0.25) is 0 Å². The lowest BCUT2D eigenvalue weighted by atomic mass is 9.97. The Kier molecular flexibility index (Phi) is 1.72. The van der Waals surface area contributed by atoms with Crippen LogP contribution in [0.15, 0.2) is 0 Å². The van der Waals surface area contributed by atoms with Gasteiger partial charge in [0.15, 0.2) is 0 Å². The highest BCUT2D eigenvalue weighted by atomic mass is 16.3. The molecule has 3 fully saturated rings. The van der Waals surface area contributed by atoms with Crippen LogP contribution in [0.5, 0.6) is 0 Å². The summed E-state index contributed by atoms with van der Waals surface area (Å²) in [4.78, 5) is 0. The summed E-state index contributed by atoms with van der Waals surface area (Å²) >= 11 is 0. The van der Waals surface area contributed by atoms with Crippen LogP contribution in [0.3, 0.4) is 0 Å². The molecule has 3 saturated carbocycles. The van der Waals surface area contributed by atoms with E-state index in [1.54, 1.807) is 0 Å². The Labute approximate surface area is 79.5 Å². The minimum absolute atomic E-state index is 0.0802. The van der Waals surface area contributed by atoms with Gasteiger partial charge in [-0.15, -0.1) is 0 Å². The van der Waals surface area contributed by atoms with E-state index in [9.17, 15) is 5.11 Å². The van der Waals surface area contributed by atoms with Crippen LogP contribution in [0.2, 0.25) is 0 Å². The zero-order valence-electron chi connectivity index (χ0n) is 8.02. The lowest BCUT2D eigenvalue weighted by molar-refractivity contribution is 0.122. The third-order valence-corrected chi connectivity index (χ3v) is 4.70. The molecule has 5 unspecified atom stereocenters. The molecule has 0 aliphatic heterocycles. The molecule has 3 aliphatic rings. The molecule has 3 rings (SSSR count). The van der Waals surface area contributed by atoms with Gasteiger partial charge >= 0.3 is 0 Å². The van der Waals surface area contributed by atoms with E-state index in [-0.39, 0.29) is 6.10 Å². The summed E-state index contributed by atoms with van der Waals surface area (Å²) in [7, 11) is 0. The van der Waals surface area contributed by atoms with Crippen LogP contribution in [-0.2, 0) is 0 Å². The Morgan fingerprint density at radius 2 is 1.85 bits per heavy atom. The molecule has 3 aliphatic carbocycles. The summed E-state index contributed by atoms with van der Waals surface area (Å²) in [5.41, 5.74) is 5.47. The molecule has 0 aromatic carbocycles. The summed E-state index contributed by atoms with van der Waals surface area (Å²) < 4.78 is 0. The molecule has 3 N–H and O–H groups in total. The van der Waals surface area contributed by atoms with Crippen LogP contribution in [0.4, 0.5) is 0 Å². The predicted molar refractivity (Wildman–Crippen MR) is 51.0 cm³/mol. The van der Waals surface area contributed by atoms with Crippen LogP contribution in [0.25, 0.3) is 0 Å². The van der Waals surface area contributed by atoms with Gasteiger partial charge in [-0.1, -0.05) is 0 Å². The van der Waals surface area contributed by atoms with Gasteiger partial charge in [0, 0.05) is 0 Å². The fraction of sp³-hybridized carbons (Fsp3) is 1.00. The van der Waals surface area contributed by atoms with E-state index in [0.29, 0.717) is 12.5 Å². The van der Waals surface area contributed by atoms with E-state index < -0.39 is 0 Å². The maximum atomic E-state index is 9.88. The fourth-order valence-electron chi connectivity index (χ4n) is 4.27. The van der Waals surface area contributed by atoms with Crippen LogP contribution in [0.1, 0.15) is 25.7 Å². The first-order chi connectivity index (χ1) is 6.33. The van der Waals surface area contributed by atoms with Crippen LogP contribution in [-0.4, -0.2) is 17.8 Å². The number of hydrogen-bond acceptors (Lipinski definition) is 2. The maximum Gasteiger partial charge on any atom is 0.0586 e. The number of rotatable bonds is 3. The normalized spacial score (nSPS) is 53.5. The number of hydrogen-bond donors (Lipinski definition) is 2. The Bertz CT molecular complexity index is 202. The lowest BCUT2D eigenvalue weighted by Crippen LogP contribution is -2.19. The van der Waals surface area contributed by atoms with Crippen LogP contribution >= 0.6 is 0 Å². The average Bonchev–Trinajstić information content (AvgIpc) is 2.57. The van der Waals surface area contributed by atoms with E-state index in [4.69, 9.17) is 5.73 Å². The summed E-state index contributed by atoms with van der Waals surface area (Å²) in [6, 6.07) is 0. The first-order valence-corrected chi connectivity index (χ1v) is 5.71. The minimum atomic E-state index is -0.0802. The van der Waals surface area contributed by atoms with Gasteiger partial charge in [-0.2, -0.15) is 0 Å². The van der Waals surface area contributed by atoms with Gasteiger partial charge in [-0.25, -0.2) is 0 Å². The Balaban J connectivity index is 1.66. The third kappa shape index (κ3) is 1.02. The first-order valence-electron chi connectivity index (χ1n) is 5.71. The zero-order valence-corrected chi connectivity index (χ0v) is 8.02. The maximum absolute atomic E-state index is 9.88. The van der Waals surface area contributed by atoms with Gasteiger partial charge in [0.05, 0.1) is 6.10 Å². The molecule has 0 radical (unpaired) electrons. The first kappa shape index (κ1) is 8.25.